The molecule has 1 saturated heterocycles. The molecule has 5 heteroatoms. The van der Waals surface area contributed by atoms with Gasteiger partial charge < -0.3 is 14.9 Å². The second kappa shape index (κ2) is 6.61. The Morgan fingerprint density at radius 1 is 1.29 bits per heavy atom. The molecule has 5 nitrogen and oxygen atoms in total. The number of likely N-dealkylation sites (N-methyl/N-ethyl adjacent to an activating group) is 1. The maximum absolute atomic E-state index is 12.3. The summed E-state index contributed by atoms with van der Waals surface area (Å²) in [4.78, 5) is 26.9. The van der Waals surface area contributed by atoms with Gasteiger partial charge in [-0.2, -0.15) is 0 Å². The van der Waals surface area contributed by atoms with E-state index in [0.29, 0.717) is 32.5 Å². The van der Waals surface area contributed by atoms with Crippen LogP contribution >= 0.6 is 0 Å². The van der Waals surface area contributed by atoms with Crippen LogP contribution in [0.5, 0.6) is 0 Å². The highest BCUT2D eigenvalue weighted by molar-refractivity contribution is 5.82. The molecule has 1 N–H and O–H groups in total. The van der Waals surface area contributed by atoms with Gasteiger partial charge in [-0.05, 0) is 31.4 Å². The molecule has 0 aliphatic carbocycles. The number of likely N-dealkylation sites (tertiary alicyclic amines) is 1. The Morgan fingerprint density at radius 3 is 2.48 bits per heavy atom. The number of rotatable bonds is 4. The maximum atomic E-state index is 12.3. The number of aliphatic carboxylic acids is 1. The average molecular weight is 290 g/mol. The molecule has 0 aromatic heterocycles. The highest BCUT2D eigenvalue weighted by Crippen LogP contribution is 2.20. The third-order valence-corrected chi connectivity index (χ3v) is 4.10. The molecule has 21 heavy (non-hydrogen) atoms. The molecule has 0 spiro atoms. The molecule has 1 aromatic rings. The highest BCUT2D eigenvalue weighted by atomic mass is 16.4. The van der Waals surface area contributed by atoms with Crippen LogP contribution in [0.2, 0.25) is 0 Å². The fourth-order valence-corrected chi connectivity index (χ4v) is 2.76. The number of piperidine rings is 1. The topological polar surface area (TPSA) is 60.9 Å². The van der Waals surface area contributed by atoms with E-state index in [2.05, 4.69) is 0 Å². The number of carbonyl (C=O) groups excluding carboxylic acids is 1. The van der Waals surface area contributed by atoms with Crippen molar-refractivity contribution in [3.63, 3.8) is 0 Å². The lowest BCUT2D eigenvalue weighted by Gasteiger charge is -2.32. The SMILES string of the molecule is Cc1ccccc1N(C)CC(=O)N1CCC(C(=O)O)CC1. The summed E-state index contributed by atoms with van der Waals surface area (Å²) in [5.41, 5.74) is 2.18. The van der Waals surface area contributed by atoms with Crippen molar-refractivity contribution in [3.8, 4) is 0 Å². The van der Waals surface area contributed by atoms with Gasteiger partial charge in [0.1, 0.15) is 0 Å². The van der Waals surface area contributed by atoms with E-state index in [1.807, 2.05) is 43.1 Å². The van der Waals surface area contributed by atoms with Crippen molar-refractivity contribution >= 4 is 17.6 Å². The van der Waals surface area contributed by atoms with E-state index in [4.69, 9.17) is 5.11 Å². The van der Waals surface area contributed by atoms with E-state index < -0.39 is 5.97 Å². The van der Waals surface area contributed by atoms with Crippen LogP contribution in [0.3, 0.4) is 0 Å². The van der Waals surface area contributed by atoms with Gasteiger partial charge in [0, 0.05) is 25.8 Å². The Kier molecular flexibility index (Phi) is 4.83. The lowest BCUT2D eigenvalue weighted by atomic mass is 9.97. The summed E-state index contributed by atoms with van der Waals surface area (Å²) in [6, 6.07) is 7.96. The van der Waals surface area contributed by atoms with E-state index in [1.165, 1.54) is 0 Å². The summed E-state index contributed by atoms with van der Waals surface area (Å²) in [5, 5.41) is 8.98. The van der Waals surface area contributed by atoms with Crippen LogP contribution in [0.1, 0.15) is 18.4 Å². The Labute approximate surface area is 125 Å². The van der Waals surface area contributed by atoms with Crippen molar-refractivity contribution in [1.82, 2.24) is 4.90 Å². The third-order valence-electron chi connectivity index (χ3n) is 4.10. The van der Waals surface area contributed by atoms with E-state index in [1.54, 1.807) is 4.90 Å². The summed E-state index contributed by atoms with van der Waals surface area (Å²) in [7, 11) is 1.91. The van der Waals surface area contributed by atoms with E-state index >= 15 is 0 Å². The number of para-hydroxylation sites is 1. The molecule has 2 rings (SSSR count). The fourth-order valence-electron chi connectivity index (χ4n) is 2.76. The number of aryl methyl sites for hydroxylation is 1. The number of carboxylic acid groups (broad SMARTS) is 1. The van der Waals surface area contributed by atoms with Crippen LogP contribution < -0.4 is 4.90 Å². The molecule has 0 saturated carbocycles. The first kappa shape index (κ1) is 15.4. The zero-order valence-corrected chi connectivity index (χ0v) is 12.6. The Balaban J connectivity index is 1.90. The van der Waals surface area contributed by atoms with Crippen molar-refractivity contribution in [2.45, 2.75) is 19.8 Å². The standard InChI is InChI=1S/C16H22N2O3/c1-12-5-3-4-6-14(12)17(2)11-15(19)18-9-7-13(8-10-18)16(20)21/h3-6,13H,7-11H2,1-2H3,(H,20,21). The predicted molar refractivity (Wildman–Crippen MR) is 81.4 cm³/mol. The van der Waals surface area contributed by atoms with Gasteiger partial charge in [-0.3, -0.25) is 9.59 Å². The number of carboxylic acids is 1. The molecule has 0 unspecified atom stereocenters. The average Bonchev–Trinajstić information content (AvgIpc) is 2.47. The fraction of sp³-hybridized carbons (Fsp3) is 0.500. The van der Waals surface area contributed by atoms with Crippen LogP contribution in [0.4, 0.5) is 5.69 Å². The molecule has 1 heterocycles. The predicted octanol–water partition coefficient (Wildman–Crippen LogP) is 1.75. The van der Waals surface area contributed by atoms with Crippen molar-refractivity contribution in [3.05, 3.63) is 29.8 Å². The Hall–Kier alpha value is -2.04. The van der Waals surface area contributed by atoms with Crippen LogP contribution in [0, 0.1) is 12.8 Å². The summed E-state index contributed by atoms with van der Waals surface area (Å²) >= 11 is 0. The van der Waals surface area contributed by atoms with Gasteiger partial charge in [0.15, 0.2) is 0 Å². The van der Waals surface area contributed by atoms with Crippen molar-refractivity contribution in [1.29, 1.82) is 0 Å². The van der Waals surface area contributed by atoms with Crippen LogP contribution in [-0.4, -0.2) is 48.6 Å². The Bertz CT molecular complexity index is 522. The molecule has 1 aromatic carbocycles. The minimum Gasteiger partial charge on any atom is -0.481 e. The van der Waals surface area contributed by atoms with Crippen molar-refractivity contribution in [2.24, 2.45) is 5.92 Å². The van der Waals surface area contributed by atoms with Crippen molar-refractivity contribution in [2.75, 3.05) is 31.6 Å². The van der Waals surface area contributed by atoms with Crippen LogP contribution in [-0.2, 0) is 9.59 Å². The summed E-state index contributed by atoms with van der Waals surface area (Å²) in [6.07, 6.45) is 1.10. The number of nitrogens with zero attached hydrogens (tertiary/aromatic N) is 2. The first-order valence-corrected chi connectivity index (χ1v) is 7.26. The number of carbonyl (C=O) groups is 2. The number of amides is 1. The second-order valence-corrected chi connectivity index (χ2v) is 5.64. The molecule has 1 aliphatic heterocycles. The summed E-state index contributed by atoms with van der Waals surface area (Å²) < 4.78 is 0. The van der Waals surface area contributed by atoms with E-state index in [0.717, 1.165) is 11.3 Å². The zero-order chi connectivity index (χ0) is 15.4. The number of hydrogen-bond acceptors (Lipinski definition) is 3. The quantitative estimate of drug-likeness (QED) is 0.918. The van der Waals surface area contributed by atoms with Gasteiger partial charge in [0.25, 0.3) is 0 Å². The molecule has 1 aliphatic rings. The van der Waals surface area contributed by atoms with Gasteiger partial charge >= 0.3 is 5.97 Å². The maximum Gasteiger partial charge on any atom is 0.306 e. The van der Waals surface area contributed by atoms with Gasteiger partial charge in [-0.25, -0.2) is 0 Å². The molecular formula is C16H22N2O3. The van der Waals surface area contributed by atoms with E-state index in [-0.39, 0.29) is 11.8 Å². The smallest absolute Gasteiger partial charge is 0.306 e. The normalized spacial score (nSPS) is 15.8. The monoisotopic (exact) mass is 290 g/mol. The molecule has 1 fully saturated rings. The second-order valence-electron chi connectivity index (χ2n) is 5.64. The lowest BCUT2D eigenvalue weighted by molar-refractivity contribution is -0.145. The first-order valence-electron chi connectivity index (χ1n) is 7.26. The number of benzene rings is 1. The highest BCUT2D eigenvalue weighted by Gasteiger charge is 2.27. The van der Waals surface area contributed by atoms with E-state index in [9.17, 15) is 9.59 Å². The minimum absolute atomic E-state index is 0.0598. The molecule has 114 valence electrons. The summed E-state index contributed by atoms with van der Waals surface area (Å²) in [6.45, 7) is 3.42. The van der Waals surface area contributed by atoms with Crippen molar-refractivity contribution < 1.29 is 14.7 Å². The minimum atomic E-state index is -0.751. The van der Waals surface area contributed by atoms with Gasteiger partial charge in [0.2, 0.25) is 5.91 Å². The van der Waals surface area contributed by atoms with Gasteiger partial charge in [-0.1, -0.05) is 18.2 Å². The molecule has 0 bridgehead atoms. The summed E-state index contributed by atoms with van der Waals surface area (Å²) in [5.74, 6) is -0.994. The molecule has 1 amide bonds. The van der Waals surface area contributed by atoms with Crippen LogP contribution in [0.25, 0.3) is 0 Å². The Morgan fingerprint density at radius 2 is 1.90 bits per heavy atom. The van der Waals surface area contributed by atoms with Gasteiger partial charge in [0.05, 0.1) is 12.5 Å². The largest absolute Gasteiger partial charge is 0.481 e. The van der Waals surface area contributed by atoms with Crippen LogP contribution in [0.15, 0.2) is 24.3 Å². The molecular weight excluding hydrogens is 268 g/mol. The lowest BCUT2D eigenvalue weighted by Crippen LogP contribution is -2.44. The number of anilines is 1. The third kappa shape index (κ3) is 3.74. The first-order chi connectivity index (χ1) is 9.99. The number of hydrogen-bond donors (Lipinski definition) is 1. The zero-order valence-electron chi connectivity index (χ0n) is 12.6. The molecule has 0 atom stereocenters. The van der Waals surface area contributed by atoms with Gasteiger partial charge in [-0.15, -0.1) is 0 Å². The molecule has 0 radical (unpaired) electrons.